The van der Waals surface area contributed by atoms with Crippen LogP contribution in [0.2, 0.25) is 0 Å². The van der Waals surface area contributed by atoms with Crippen LogP contribution in [0.25, 0.3) is 11.2 Å². The molecule has 5 atom stereocenters. The third kappa shape index (κ3) is 3.02. The molecule has 1 unspecified atom stereocenters. The highest BCUT2D eigenvalue weighted by atomic mass is 16.6. The van der Waals surface area contributed by atoms with Crippen molar-refractivity contribution in [2.24, 2.45) is 11.0 Å². The molecule has 2 aromatic rings. The lowest BCUT2D eigenvalue weighted by atomic mass is 9.96. The molecular weight excluding hydrogens is 366 g/mol. The number of rotatable bonds is 5. The molecule has 1 aliphatic heterocycles. The standard InChI is InChI=1S/C17H23N7O4/c18-15-12-16(20-8-19-15)24(9-21-12)17(14(27)13(26)11(7-25)28-17)23-22-6-10-4-2-1-3-5-10/h1-2,6,8-11,13-14,23,25-27H,3-5,7H2,(H2,18,19,20)/t10?,11-,13-,14-,17+/m1/s1. The number of anilines is 1. The number of fused-ring (bicyclic) bond motifs is 1. The van der Waals surface area contributed by atoms with Crippen molar-refractivity contribution in [2.45, 2.75) is 43.4 Å². The summed E-state index contributed by atoms with van der Waals surface area (Å²) >= 11 is 0. The number of hydrogen-bond acceptors (Lipinski definition) is 10. The number of ether oxygens (including phenoxy) is 1. The van der Waals surface area contributed by atoms with E-state index in [9.17, 15) is 15.3 Å². The summed E-state index contributed by atoms with van der Waals surface area (Å²) in [5, 5.41) is 34.9. The maximum atomic E-state index is 10.8. The van der Waals surface area contributed by atoms with Gasteiger partial charge in [0.05, 0.1) is 6.61 Å². The molecule has 2 aromatic heterocycles. The first-order valence-corrected chi connectivity index (χ1v) is 9.11. The summed E-state index contributed by atoms with van der Waals surface area (Å²) in [6, 6.07) is 0. The van der Waals surface area contributed by atoms with Crippen LogP contribution in [-0.2, 0) is 10.6 Å². The molecule has 11 nitrogen and oxygen atoms in total. The molecule has 0 spiro atoms. The molecule has 1 saturated heterocycles. The van der Waals surface area contributed by atoms with Crippen LogP contribution in [0.5, 0.6) is 0 Å². The minimum atomic E-state index is -1.72. The van der Waals surface area contributed by atoms with Gasteiger partial charge in [-0.15, -0.1) is 0 Å². The van der Waals surface area contributed by atoms with E-state index in [2.05, 4.69) is 37.6 Å². The van der Waals surface area contributed by atoms with Crippen LogP contribution in [0.15, 0.2) is 29.9 Å². The van der Waals surface area contributed by atoms with E-state index in [1.165, 1.54) is 17.2 Å². The zero-order valence-electron chi connectivity index (χ0n) is 15.1. The number of nitrogens with two attached hydrogens (primary N) is 1. The molecule has 11 heteroatoms. The predicted molar refractivity (Wildman–Crippen MR) is 99.8 cm³/mol. The maximum absolute atomic E-state index is 10.8. The SMILES string of the molecule is Nc1ncnc2c1ncn2[C@]1(NN=CC2CC=CCC2)O[C@H](CO)[C@@H](O)[C@H]1O. The van der Waals surface area contributed by atoms with E-state index in [4.69, 9.17) is 10.5 Å². The van der Waals surface area contributed by atoms with Crippen molar-refractivity contribution in [3.05, 3.63) is 24.8 Å². The summed E-state index contributed by atoms with van der Waals surface area (Å²) in [5.41, 5.74) is 9.29. The number of nitrogen functional groups attached to an aromatic ring is 1. The van der Waals surface area contributed by atoms with E-state index in [1.54, 1.807) is 6.21 Å². The number of aromatic nitrogens is 4. The van der Waals surface area contributed by atoms with E-state index in [-0.39, 0.29) is 11.7 Å². The smallest absolute Gasteiger partial charge is 0.270 e. The second-order valence-corrected chi connectivity index (χ2v) is 6.95. The summed E-state index contributed by atoms with van der Waals surface area (Å²) < 4.78 is 7.24. The first-order valence-electron chi connectivity index (χ1n) is 9.11. The van der Waals surface area contributed by atoms with Gasteiger partial charge in [0, 0.05) is 6.21 Å². The molecule has 0 radical (unpaired) electrons. The fourth-order valence-electron chi connectivity index (χ4n) is 3.58. The highest BCUT2D eigenvalue weighted by molar-refractivity contribution is 5.81. The number of imidazole rings is 1. The fraction of sp³-hybridized carbons (Fsp3) is 0.529. The Morgan fingerprint density at radius 2 is 2.21 bits per heavy atom. The van der Waals surface area contributed by atoms with Crippen molar-refractivity contribution >= 4 is 23.2 Å². The Morgan fingerprint density at radius 1 is 1.36 bits per heavy atom. The fourth-order valence-corrected chi connectivity index (χ4v) is 3.58. The van der Waals surface area contributed by atoms with Crippen LogP contribution in [0.4, 0.5) is 5.82 Å². The van der Waals surface area contributed by atoms with E-state index in [0.29, 0.717) is 11.2 Å². The number of aliphatic hydroxyl groups excluding tert-OH is 3. The highest BCUT2D eigenvalue weighted by Gasteiger charge is 2.56. The summed E-state index contributed by atoms with van der Waals surface area (Å²) in [6.07, 6.45) is 7.63. The van der Waals surface area contributed by atoms with Crippen LogP contribution in [0, 0.1) is 5.92 Å². The number of allylic oxidation sites excluding steroid dienone is 2. The molecule has 28 heavy (non-hydrogen) atoms. The largest absolute Gasteiger partial charge is 0.394 e. The number of hydrazone groups is 1. The molecule has 0 amide bonds. The van der Waals surface area contributed by atoms with Gasteiger partial charge in [0.2, 0.25) is 0 Å². The molecule has 0 aromatic carbocycles. The summed E-state index contributed by atoms with van der Waals surface area (Å²) in [5.74, 6) is -1.30. The molecule has 6 N–H and O–H groups in total. The quantitative estimate of drug-likeness (QED) is 0.247. The third-order valence-electron chi connectivity index (χ3n) is 5.16. The van der Waals surface area contributed by atoms with E-state index < -0.39 is 30.8 Å². The Morgan fingerprint density at radius 3 is 2.93 bits per heavy atom. The van der Waals surface area contributed by atoms with Gasteiger partial charge in [-0.3, -0.25) is 9.99 Å². The molecule has 150 valence electrons. The molecule has 2 aliphatic rings. The second-order valence-electron chi connectivity index (χ2n) is 6.95. The van der Waals surface area contributed by atoms with Crippen molar-refractivity contribution in [3.8, 4) is 0 Å². The number of hydrogen-bond donors (Lipinski definition) is 5. The minimum absolute atomic E-state index is 0.170. The average Bonchev–Trinajstić information content (AvgIpc) is 3.25. The van der Waals surface area contributed by atoms with Crippen LogP contribution in [0.1, 0.15) is 19.3 Å². The van der Waals surface area contributed by atoms with Gasteiger partial charge >= 0.3 is 0 Å². The van der Waals surface area contributed by atoms with Crippen LogP contribution in [0.3, 0.4) is 0 Å². The Hall–Kier alpha value is -2.60. The monoisotopic (exact) mass is 389 g/mol. The van der Waals surface area contributed by atoms with Gasteiger partial charge in [0.15, 0.2) is 17.6 Å². The normalized spacial score (nSPS) is 33.1. The lowest BCUT2D eigenvalue weighted by molar-refractivity contribution is -0.167. The van der Waals surface area contributed by atoms with Crippen molar-refractivity contribution < 1.29 is 20.1 Å². The van der Waals surface area contributed by atoms with E-state index in [1.807, 2.05) is 0 Å². The second kappa shape index (κ2) is 7.43. The number of aliphatic hydroxyl groups is 3. The van der Waals surface area contributed by atoms with E-state index in [0.717, 1.165) is 19.3 Å². The zero-order valence-corrected chi connectivity index (χ0v) is 15.1. The lowest BCUT2D eigenvalue weighted by Crippen LogP contribution is -2.54. The van der Waals surface area contributed by atoms with E-state index >= 15 is 0 Å². The lowest BCUT2D eigenvalue weighted by Gasteiger charge is -2.32. The van der Waals surface area contributed by atoms with Crippen molar-refractivity contribution in [2.75, 3.05) is 12.3 Å². The van der Waals surface area contributed by atoms with Gasteiger partial charge in [-0.1, -0.05) is 12.2 Å². The van der Waals surface area contributed by atoms with Gasteiger partial charge in [-0.05, 0) is 25.2 Å². The Bertz CT molecular complexity index is 901. The Labute approximate surface area is 160 Å². The van der Waals surface area contributed by atoms with Crippen molar-refractivity contribution in [1.82, 2.24) is 24.9 Å². The van der Waals surface area contributed by atoms with Crippen molar-refractivity contribution in [1.29, 1.82) is 0 Å². The topological polar surface area (TPSA) is 164 Å². The first-order chi connectivity index (χ1) is 13.6. The molecule has 3 heterocycles. The number of nitrogens with zero attached hydrogens (tertiary/aromatic N) is 5. The van der Waals surface area contributed by atoms with Crippen molar-refractivity contribution in [3.63, 3.8) is 0 Å². The van der Waals surface area contributed by atoms with Gasteiger partial charge < -0.3 is 25.8 Å². The average molecular weight is 389 g/mol. The Kier molecular flexibility index (Phi) is 4.98. The molecule has 0 saturated carbocycles. The maximum Gasteiger partial charge on any atom is 0.270 e. The predicted octanol–water partition coefficient (Wildman–Crippen LogP) is -0.937. The van der Waals surface area contributed by atoms with Gasteiger partial charge in [0.25, 0.3) is 5.85 Å². The molecular formula is C17H23N7O4. The minimum Gasteiger partial charge on any atom is -0.394 e. The summed E-state index contributed by atoms with van der Waals surface area (Å²) in [6.45, 7) is -0.484. The molecule has 4 rings (SSSR count). The highest BCUT2D eigenvalue weighted by Crippen LogP contribution is 2.35. The first kappa shape index (κ1) is 18.7. The molecule has 1 fully saturated rings. The van der Waals surface area contributed by atoms with Gasteiger partial charge in [-0.25, -0.2) is 15.0 Å². The molecule has 0 bridgehead atoms. The molecule has 1 aliphatic carbocycles. The van der Waals surface area contributed by atoms with Crippen LogP contribution < -0.4 is 11.2 Å². The third-order valence-corrected chi connectivity index (χ3v) is 5.16. The Balaban J connectivity index is 1.72. The van der Waals surface area contributed by atoms with Crippen LogP contribution in [-0.4, -0.2) is 66.0 Å². The summed E-state index contributed by atoms with van der Waals surface area (Å²) in [7, 11) is 0. The number of nitrogens with one attached hydrogen (secondary N) is 1. The summed E-state index contributed by atoms with van der Waals surface area (Å²) in [4.78, 5) is 12.3. The van der Waals surface area contributed by atoms with Gasteiger partial charge in [-0.2, -0.15) is 5.10 Å². The van der Waals surface area contributed by atoms with Crippen LogP contribution >= 0.6 is 0 Å². The van der Waals surface area contributed by atoms with Gasteiger partial charge in [0.1, 0.15) is 30.4 Å². The zero-order chi connectivity index (χ0) is 19.7.